The van der Waals surface area contributed by atoms with Gasteiger partial charge in [-0.15, -0.1) is 0 Å². The van der Waals surface area contributed by atoms with Gasteiger partial charge in [0.2, 0.25) is 5.91 Å². The molecule has 0 aliphatic heterocycles. The normalized spacial score (nSPS) is 12.2. The molecular weight excluding hydrogens is 344 g/mol. The average Bonchev–Trinajstić information content (AvgIpc) is 3.13. The summed E-state index contributed by atoms with van der Waals surface area (Å²) in [6.07, 6.45) is 6.93. The van der Waals surface area contributed by atoms with Crippen LogP contribution in [0.4, 0.5) is 0 Å². The maximum absolute atomic E-state index is 12.7. The van der Waals surface area contributed by atoms with E-state index in [0.717, 1.165) is 32.2 Å². The number of para-hydroxylation sites is 1. The number of aromatic amines is 1. The molecule has 148 valence electrons. The molecule has 1 unspecified atom stereocenters. The van der Waals surface area contributed by atoms with Gasteiger partial charge in [0.05, 0.1) is 0 Å². The van der Waals surface area contributed by atoms with E-state index < -0.39 is 0 Å². The third-order valence-corrected chi connectivity index (χ3v) is 5.53. The fourth-order valence-corrected chi connectivity index (χ4v) is 3.98. The molecule has 3 aromatic rings. The van der Waals surface area contributed by atoms with E-state index in [9.17, 15) is 4.79 Å². The number of hydrogen-bond acceptors (Lipinski definition) is 1. The first-order valence-electron chi connectivity index (χ1n) is 10.6. The smallest absolute Gasteiger partial charge is 0.220 e. The lowest BCUT2D eigenvalue weighted by molar-refractivity contribution is -0.121. The Bertz CT molecular complexity index is 925. The monoisotopic (exact) mass is 376 g/mol. The summed E-state index contributed by atoms with van der Waals surface area (Å²) in [5, 5.41) is 4.34. The van der Waals surface area contributed by atoms with Gasteiger partial charge in [-0.2, -0.15) is 0 Å². The van der Waals surface area contributed by atoms with Gasteiger partial charge < -0.3 is 10.3 Å². The van der Waals surface area contributed by atoms with Crippen molar-refractivity contribution in [2.45, 2.75) is 58.8 Å². The number of aryl methyl sites for hydroxylation is 2. The van der Waals surface area contributed by atoms with Crippen molar-refractivity contribution in [1.29, 1.82) is 0 Å². The number of rotatable bonds is 9. The molecular formula is C25H32N2O. The minimum atomic E-state index is 0.0481. The fraction of sp³-hybridized carbons (Fsp3) is 0.400. The Morgan fingerprint density at radius 3 is 2.68 bits per heavy atom. The van der Waals surface area contributed by atoms with Crippen molar-refractivity contribution in [3.63, 3.8) is 0 Å². The molecule has 0 saturated heterocycles. The summed E-state index contributed by atoms with van der Waals surface area (Å²) < 4.78 is 0. The SMILES string of the molecule is CCCCCNC(=O)CC(c1cccc(C)c1)c1c[nH]c2c(CC)cccc12. The number of H-pyrrole nitrogens is 1. The average molecular weight is 377 g/mol. The Labute approximate surface area is 168 Å². The molecule has 2 N–H and O–H groups in total. The van der Waals surface area contributed by atoms with Gasteiger partial charge in [0.25, 0.3) is 0 Å². The van der Waals surface area contributed by atoms with Crippen LogP contribution in [0, 0.1) is 6.92 Å². The van der Waals surface area contributed by atoms with Crippen LogP contribution in [0.3, 0.4) is 0 Å². The molecule has 0 spiro atoms. The second-order valence-corrected chi connectivity index (χ2v) is 7.67. The van der Waals surface area contributed by atoms with E-state index in [1.54, 1.807) is 0 Å². The third-order valence-electron chi connectivity index (χ3n) is 5.53. The summed E-state index contributed by atoms with van der Waals surface area (Å²) in [6, 6.07) is 15.0. The highest BCUT2D eigenvalue weighted by atomic mass is 16.1. The first-order chi connectivity index (χ1) is 13.6. The van der Waals surface area contributed by atoms with E-state index >= 15 is 0 Å². The maximum atomic E-state index is 12.7. The Morgan fingerprint density at radius 1 is 1.11 bits per heavy atom. The van der Waals surface area contributed by atoms with Crippen molar-refractivity contribution in [1.82, 2.24) is 10.3 Å². The molecule has 0 aliphatic rings. The van der Waals surface area contributed by atoms with Crippen LogP contribution in [0.2, 0.25) is 0 Å². The largest absolute Gasteiger partial charge is 0.361 e. The number of nitrogens with one attached hydrogen (secondary N) is 2. The molecule has 0 bridgehead atoms. The van der Waals surface area contributed by atoms with Crippen molar-refractivity contribution in [3.8, 4) is 0 Å². The third kappa shape index (κ3) is 4.64. The predicted octanol–water partition coefficient (Wildman–Crippen LogP) is 5.87. The second-order valence-electron chi connectivity index (χ2n) is 7.67. The number of aromatic nitrogens is 1. The molecule has 1 amide bonds. The summed E-state index contributed by atoms with van der Waals surface area (Å²) in [4.78, 5) is 16.2. The summed E-state index contributed by atoms with van der Waals surface area (Å²) in [6.45, 7) is 7.23. The van der Waals surface area contributed by atoms with Crippen LogP contribution >= 0.6 is 0 Å². The number of hydrogen-bond donors (Lipinski definition) is 2. The molecule has 3 rings (SSSR count). The van der Waals surface area contributed by atoms with Crippen molar-refractivity contribution in [2.75, 3.05) is 6.54 Å². The van der Waals surface area contributed by atoms with E-state index in [-0.39, 0.29) is 11.8 Å². The van der Waals surface area contributed by atoms with Crippen LogP contribution in [0.15, 0.2) is 48.7 Å². The summed E-state index contributed by atoms with van der Waals surface area (Å²) in [7, 11) is 0. The number of fused-ring (bicyclic) bond motifs is 1. The van der Waals surface area contributed by atoms with Gasteiger partial charge >= 0.3 is 0 Å². The van der Waals surface area contributed by atoms with Gasteiger partial charge in [-0.1, -0.05) is 74.7 Å². The lowest BCUT2D eigenvalue weighted by Gasteiger charge is -2.18. The number of unbranched alkanes of at least 4 members (excludes halogenated alkanes) is 2. The molecule has 1 atom stereocenters. The molecule has 1 heterocycles. The van der Waals surface area contributed by atoms with Crippen LogP contribution in [-0.4, -0.2) is 17.4 Å². The fourth-order valence-electron chi connectivity index (χ4n) is 3.98. The Hall–Kier alpha value is -2.55. The summed E-state index contributed by atoms with van der Waals surface area (Å²) in [5.74, 6) is 0.176. The van der Waals surface area contributed by atoms with Gasteiger partial charge in [-0.25, -0.2) is 0 Å². The van der Waals surface area contributed by atoms with E-state index in [1.807, 2.05) is 0 Å². The molecule has 3 heteroatoms. The lowest BCUT2D eigenvalue weighted by Crippen LogP contribution is -2.26. The maximum Gasteiger partial charge on any atom is 0.220 e. The quantitative estimate of drug-likeness (QED) is 0.451. The van der Waals surface area contributed by atoms with Crippen molar-refractivity contribution < 1.29 is 4.79 Å². The summed E-state index contributed by atoms with van der Waals surface area (Å²) >= 11 is 0. The molecule has 3 nitrogen and oxygen atoms in total. The Morgan fingerprint density at radius 2 is 1.93 bits per heavy atom. The second kappa shape index (κ2) is 9.59. The molecule has 1 aromatic heterocycles. The Balaban J connectivity index is 1.92. The summed E-state index contributed by atoms with van der Waals surface area (Å²) in [5.41, 5.74) is 6.14. The minimum absolute atomic E-state index is 0.0481. The number of amides is 1. The highest BCUT2D eigenvalue weighted by molar-refractivity contribution is 5.88. The van der Waals surface area contributed by atoms with Gasteiger partial charge in [-0.3, -0.25) is 4.79 Å². The predicted molar refractivity (Wildman–Crippen MR) is 118 cm³/mol. The van der Waals surface area contributed by atoms with Gasteiger partial charge in [0.1, 0.15) is 0 Å². The van der Waals surface area contributed by atoms with E-state index in [1.165, 1.54) is 33.2 Å². The molecule has 0 radical (unpaired) electrons. The molecule has 2 aromatic carbocycles. The zero-order valence-corrected chi connectivity index (χ0v) is 17.3. The van der Waals surface area contributed by atoms with Crippen LogP contribution < -0.4 is 5.32 Å². The zero-order valence-electron chi connectivity index (χ0n) is 17.3. The van der Waals surface area contributed by atoms with Gasteiger partial charge in [-0.05, 0) is 36.5 Å². The van der Waals surface area contributed by atoms with Crippen LogP contribution in [-0.2, 0) is 11.2 Å². The topological polar surface area (TPSA) is 44.9 Å². The van der Waals surface area contributed by atoms with E-state index in [2.05, 4.69) is 79.7 Å². The minimum Gasteiger partial charge on any atom is -0.361 e. The van der Waals surface area contributed by atoms with Crippen LogP contribution in [0.1, 0.15) is 67.7 Å². The van der Waals surface area contributed by atoms with E-state index in [4.69, 9.17) is 0 Å². The van der Waals surface area contributed by atoms with Crippen LogP contribution in [0.25, 0.3) is 10.9 Å². The number of carbonyl (C=O) groups is 1. The van der Waals surface area contributed by atoms with Crippen molar-refractivity contribution >= 4 is 16.8 Å². The van der Waals surface area contributed by atoms with Crippen LogP contribution in [0.5, 0.6) is 0 Å². The lowest BCUT2D eigenvalue weighted by atomic mass is 9.87. The molecule has 0 aliphatic carbocycles. The highest BCUT2D eigenvalue weighted by Gasteiger charge is 2.22. The first-order valence-corrected chi connectivity index (χ1v) is 10.6. The highest BCUT2D eigenvalue weighted by Crippen LogP contribution is 2.34. The number of carbonyl (C=O) groups excluding carboxylic acids is 1. The Kier molecular flexibility index (Phi) is 6.91. The molecule has 0 saturated carbocycles. The standard InChI is InChI=1S/C25H32N2O/c1-4-6-7-14-26-24(28)16-22(20-12-8-10-18(3)15-20)23-17-27-25-19(5-2)11-9-13-21(23)25/h8-13,15,17,22,27H,4-7,14,16H2,1-3H3,(H,26,28). The van der Waals surface area contributed by atoms with Gasteiger partial charge in [0, 0.05) is 36.0 Å². The van der Waals surface area contributed by atoms with Crippen molar-refractivity contribution in [3.05, 3.63) is 70.9 Å². The van der Waals surface area contributed by atoms with E-state index in [0.29, 0.717) is 6.42 Å². The molecule has 0 fully saturated rings. The van der Waals surface area contributed by atoms with Gasteiger partial charge in [0.15, 0.2) is 0 Å². The first kappa shape index (κ1) is 20.2. The number of benzene rings is 2. The molecule has 28 heavy (non-hydrogen) atoms. The van der Waals surface area contributed by atoms with Crippen molar-refractivity contribution in [2.24, 2.45) is 0 Å². The zero-order chi connectivity index (χ0) is 19.9.